The van der Waals surface area contributed by atoms with Crippen LogP contribution >= 0.6 is 0 Å². The van der Waals surface area contributed by atoms with E-state index < -0.39 is 11.9 Å². The van der Waals surface area contributed by atoms with Gasteiger partial charge >= 0.3 is 11.9 Å². The van der Waals surface area contributed by atoms with E-state index in [4.69, 9.17) is 18.9 Å². The number of aryl methyl sites for hydroxylation is 6. The fourth-order valence-corrected chi connectivity index (χ4v) is 8.88. The van der Waals surface area contributed by atoms with Gasteiger partial charge in [-0.05, 0) is 211 Å². The first-order valence-electron chi connectivity index (χ1n) is 28.3. The number of cyclic esters (lactones) is 2. The van der Waals surface area contributed by atoms with Crippen LogP contribution in [0.4, 0.5) is 0 Å². The molecule has 0 aliphatic carbocycles. The number of hydrogen-bond acceptors (Lipinski definition) is 12. The molecule has 9 aromatic rings. The summed E-state index contributed by atoms with van der Waals surface area (Å²) in [5.41, 5.74) is 15.3. The van der Waals surface area contributed by atoms with E-state index in [1.54, 1.807) is 37.0 Å². The Labute approximate surface area is 502 Å². The van der Waals surface area contributed by atoms with Crippen LogP contribution < -0.4 is 9.47 Å². The van der Waals surface area contributed by atoms with Gasteiger partial charge in [0.1, 0.15) is 11.5 Å². The molecular weight excluding hydrogens is 1070 g/mol. The second-order valence-electron chi connectivity index (χ2n) is 20.5. The van der Waals surface area contributed by atoms with Gasteiger partial charge in [-0.1, -0.05) is 140 Å². The third kappa shape index (κ3) is 17.4. The van der Waals surface area contributed by atoms with Gasteiger partial charge in [-0.2, -0.15) is 20.4 Å². The van der Waals surface area contributed by atoms with E-state index in [2.05, 4.69) is 101 Å². The lowest BCUT2D eigenvalue weighted by Crippen LogP contribution is -2.04. The Kier molecular flexibility index (Phi) is 20.9. The minimum atomic E-state index is -0.419. The highest BCUT2D eigenvalue weighted by Gasteiger charge is 2.25. The second kappa shape index (κ2) is 30.0. The lowest BCUT2D eigenvalue weighted by Gasteiger charge is -2.11. The molecule has 2 aliphatic heterocycles. The molecule has 0 saturated heterocycles. The zero-order valence-corrected chi connectivity index (χ0v) is 49.1. The summed E-state index contributed by atoms with van der Waals surface area (Å²) < 4.78 is 22.5. The minimum Gasteiger partial charge on any atom is -0.493 e. The fourth-order valence-electron chi connectivity index (χ4n) is 8.88. The molecule has 2 heterocycles. The van der Waals surface area contributed by atoms with Gasteiger partial charge in [-0.15, -0.1) is 0 Å². The first-order valence-corrected chi connectivity index (χ1v) is 28.3. The summed E-state index contributed by atoms with van der Waals surface area (Å²) in [5, 5.41) is 19.1. The summed E-state index contributed by atoms with van der Waals surface area (Å²) >= 11 is 0. The Hall–Kier alpha value is -10.7. The van der Waals surface area contributed by atoms with Crippen molar-refractivity contribution in [3.63, 3.8) is 0 Å². The van der Waals surface area contributed by atoms with Crippen molar-refractivity contribution < 1.29 is 28.5 Å². The summed E-state index contributed by atoms with van der Waals surface area (Å²) in [6.07, 6.45) is 12.3. The van der Waals surface area contributed by atoms with Crippen molar-refractivity contribution >= 4 is 71.5 Å². The van der Waals surface area contributed by atoms with E-state index in [0.717, 1.165) is 90.7 Å². The van der Waals surface area contributed by atoms with Gasteiger partial charge in [0.15, 0.2) is 11.4 Å². The molecule has 12 heteroatoms. The van der Waals surface area contributed by atoms with Gasteiger partial charge in [-0.3, -0.25) is 0 Å². The molecule has 12 nitrogen and oxygen atoms in total. The third-order valence-corrected chi connectivity index (χ3v) is 13.9. The molecular formula is C74H66N6O6. The molecule has 428 valence electrons. The predicted molar refractivity (Wildman–Crippen MR) is 349 cm³/mol. The van der Waals surface area contributed by atoms with Crippen LogP contribution in [0, 0.1) is 41.5 Å². The van der Waals surface area contributed by atoms with Crippen LogP contribution in [-0.2, 0) is 19.1 Å². The number of fused-ring (bicyclic) bond motifs is 1. The van der Waals surface area contributed by atoms with Crippen LogP contribution in [0.15, 0.2) is 248 Å². The maximum Gasteiger partial charge on any atom is 0.363 e. The molecule has 0 aromatic heterocycles. The van der Waals surface area contributed by atoms with Crippen molar-refractivity contribution in [1.82, 2.24) is 0 Å². The average molecular weight is 1140 g/mol. The van der Waals surface area contributed by atoms with Gasteiger partial charge in [0.2, 0.25) is 11.8 Å². The van der Waals surface area contributed by atoms with Crippen LogP contribution in [-0.4, -0.2) is 61.8 Å². The van der Waals surface area contributed by atoms with Crippen LogP contribution in [0.5, 0.6) is 11.5 Å². The number of hydrogen-bond donors (Lipinski definition) is 0. The number of carbonyl (C=O) groups is 2. The molecule has 9 aromatic carbocycles. The molecule has 0 spiro atoms. The number of unbranched alkanes of at least 4 members (excludes halogenated alkanes) is 1. The van der Waals surface area contributed by atoms with Crippen molar-refractivity contribution in [2.45, 2.75) is 54.4 Å². The summed E-state index contributed by atoms with van der Waals surface area (Å²) in [6, 6.07) is 67.1. The van der Waals surface area contributed by atoms with Crippen LogP contribution in [0.1, 0.15) is 90.7 Å². The monoisotopic (exact) mass is 1130 g/mol. The molecule has 2 aliphatic rings. The molecule has 0 saturated carbocycles. The van der Waals surface area contributed by atoms with E-state index in [-0.39, 0.29) is 0 Å². The van der Waals surface area contributed by atoms with Crippen molar-refractivity contribution in [3.05, 3.63) is 296 Å². The highest BCUT2D eigenvalue weighted by atomic mass is 16.6. The van der Waals surface area contributed by atoms with E-state index >= 15 is 0 Å². The lowest BCUT2D eigenvalue weighted by molar-refractivity contribution is -0.130. The number of ether oxygens (including phenoxy) is 4. The van der Waals surface area contributed by atoms with Crippen LogP contribution in [0.2, 0.25) is 0 Å². The quantitative estimate of drug-likeness (QED) is 0.0292. The maximum absolute atomic E-state index is 12.0. The van der Waals surface area contributed by atoms with Crippen LogP contribution in [0.3, 0.4) is 0 Å². The largest absolute Gasteiger partial charge is 0.493 e. The molecule has 0 atom stereocenters. The number of esters is 2. The highest BCUT2D eigenvalue weighted by molar-refractivity contribution is 6.13. The van der Waals surface area contributed by atoms with Crippen molar-refractivity contribution in [2.24, 2.45) is 30.4 Å². The van der Waals surface area contributed by atoms with Gasteiger partial charge in [0, 0.05) is 11.1 Å². The summed E-state index contributed by atoms with van der Waals surface area (Å²) in [5.74, 6) is 1.64. The molecule has 0 amide bonds. The van der Waals surface area contributed by atoms with E-state index in [0.29, 0.717) is 36.4 Å². The van der Waals surface area contributed by atoms with Gasteiger partial charge in [0.25, 0.3) is 0 Å². The number of rotatable bonds is 17. The van der Waals surface area contributed by atoms with Gasteiger partial charge < -0.3 is 18.9 Å². The average Bonchev–Trinajstić information content (AvgIpc) is 4.26. The van der Waals surface area contributed by atoms with E-state index in [9.17, 15) is 9.59 Å². The molecule has 0 bridgehead atoms. The van der Waals surface area contributed by atoms with Gasteiger partial charge in [-0.25, -0.2) is 19.6 Å². The van der Waals surface area contributed by atoms with Gasteiger partial charge in [0.05, 0.1) is 38.1 Å². The Balaban J connectivity index is 0.000000173. The number of nitrogens with zero attached hydrogens (tertiary/aromatic N) is 6. The van der Waals surface area contributed by atoms with Crippen molar-refractivity contribution in [2.75, 3.05) is 13.2 Å². The minimum absolute atomic E-state index is 0.319. The topological polar surface area (TPSA) is 145 Å². The first-order chi connectivity index (χ1) is 41.9. The zero-order valence-electron chi connectivity index (χ0n) is 49.1. The summed E-state index contributed by atoms with van der Waals surface area (Å²) in [6.45, 7) is 13.8. The molecule has 0 unspecified atom stereocenters. The number of aliphatic imine (C=N–C) groups is 2. The Morgan fingerprint density at radius 3 is 1.16 bits per heavy atom. The maximum atomic E-state index is 12.0. The SMILES string of the molecule is Cc1ccc(/C=N\N=C/c2ccc(OCCCCOc3ccc(/C=N\N=C/c4ccc(C)c(C)c4)cc3C)c(C)c2)cc1C.O=C1OC(c2ccccc2)=N/C1=C/c1ccccc1.O=C1OC(c2ccccc2)=N/C1=C\c1ccc2ccccc2c1. The van der Waals surface area contributed by atoms with Crippen LogP contribution in [0.25, 0.3) is 22.9 Å². The number of carbonyl (C=O) groups excluding carboxylic acids is 2. The highest BCUT2D eigenvalue weighted by Crippen LogP contribution is 2.25. The Morgan fingerprint density at radius 1 is 0.360 bits per heavy atom. The first kappa shape index (κ1) is 59.9. The summed E-state index contributed by atoms with van der Waals surface area (Å²) in [7, 11) is 0. The van der Waals surface area contributed by atoms with Crippen molar-refractivity contribution in [1.29, 1.82) is 0 Å². The standard InChI is InChI=1S/C38H42N4O2.C20H13NO2.C16H11NO2/c1-27-9-11-33(19-29(27)3)23-39-41-25-35-13-15-37(31(5)21-35)43-17-7-8-18-44-38-16-14-36(22-32(38)6)26-42-40-24-34-12-10-28(2)30(4)20-34;22-20-18(21-19(23-20)16-7-2-1-3-8-16)13-14-10-11-15-6-4-5-9-17(15)12-14;18-16-14(11-12-7-3-1-4-8-12)17-15(19-16)13-9-5-2-6-10-13/h9-16,19-26H,7-8,17-18H2,1-6H3;1-13H;1-11H/b39-23-,40-24-,41-25-,42-26-;18-13-;14-11+. The predicted octanol–water partition coefficient (Wildman–Crippen LogP) is 15.9. The molecule has 0 N–H and O–H groups in total. The van der Waals surface area contributed by atoms with E-state index in [1.165, 1.54) is 22.3 Å². The van der Waals surface area contributed by atoms with E-state index in [1.807, 2.05) is 178 Å². The number of benzene rings is 9. The fraction of sp³-hybridized carbons (Fsp3) is 0.135. The second-order valence-corrected chi connectivity index (χ2v) is 20.5. The smallest absolute Gasteiger partial charge is 0.363 e. The molecule has 0 radical (unpaired) electrons. The molecule has 11 rings (SSSR count). The normalized spacial score (nSPS) is 13.9. The van der Waals surface area contributed by atoms with Crippen molar-refractivity contribution in [3.8, 4) is 11.5 Å². The zero-order chi connectivity index (χ0) is 60.0. The lowest BCUT2D eigenvalue weighted by atomic mass is 10.1. The molecule has 0 fully saturated rings. The Bertz CT molecular complexity index is 3980. The Morgan fingerprint density at radius 2 is 0.733 bits per heavy atom. The molecule has 86 heavy (non-hydrogen) atoms. The summed E-state index contributed by atoms with van der Waals surface area (Å²) in [4.78, 5) is 32.3. The third-order valence-electron chi connectivity index (χ3n) is 13.9.